The molecule has 0 spiro atoms. The molecule has 18 heteroatoms. The predicted octanol–water partition coefficient (Wildman–Crippen LogP) is 3.62. The molecule has 1 atom stereocenters. The Hall–Kier alpha value is -5.28. The number of carbonyl (C=O) groups is 4. The number of piperidine rings is 1. The number of pyridine rings is 1. The summed E-state index contributed by atoms with van der Waals surface area (Å²) in [5, 5.41) is 24.2. The van der Waals surface area contributed by atoms with Crippen molar-refractivity contribution in [3.8, 4) is 11.9 Å². The highest BCUT2D eigenvalue weighted by Crippen LogP contribution is 2.52. The molecule has 288 valence electrons. The normalized spacial score (nSPS) is 18.9. The number of carboxylic acids is 2. The third kappa shape index (κ3) is 9.08. The van der Waals surface area contributed by atoms with Crippen molar-refractivity contribution in [2.45, 2.75) is 43.2 Å². The lowest BCUT2D eigenvalue weighted by molar-refractivity contribution is -0.135. The Morgan fingerprint density at radius 2 is 1.54 bits per heavy atom. The number of aliphatic carboxylic acids is 2. The Labute approximate surface area is 318 Å². The van der Waals surface area contributed by atoms with Crippen molar-refractivity contribution in [3.63, 3.8) is 0 Å². The quantitative estimate of drug-likeness (QED) is 0.366. The van der Waals surface area contributed by atoms with Gasteiger partial charge in [-0.1, -0.05) is 11.6 Å². The first kappa shape index (κ1) is 41.5. The van der Waals surface area contributed by atoms with E-state index in [0.29, 0.717) is 36.5 Å². The molecule has 54 heavy (non-hydrogen) atoms. The molecule has 16 nitrogen and oxygen atoms in total. The van der Waals surface area contributed by atoms with Gasteiger partial charge in [0.25, 0.3) is 33.5 Å². The second kappa shape index (κ2) is 17.7. The minimum Gasteiger partial charge on any atom is -0.481 e. The molecule has 0 aliphatic carbocycles. The van der Waals surface area contributed by atoms with Crippen LogP contribution >= 0.6 is 11.6 Å². The number of nitriles is 1. The molecule has 2 aromatic carbocycles. The van der Waals surface area contributed by atoms with Crippen LogP contribution in [0.4, 0.5) is 10.5 Å². The summed E-state index contributed by atoms with van der Waals surface area (Å²) in [6, 6.07) is 14.9. The van der Waals surface area contributed by atoms with Crippen molar-refractivity contribution < 1.29 is 47.3 Å². The molecular weight excluding hydrogens is 744 g/mol. The Morgan fingerprint density at radius 1 is 0.944 bits per heavy atom. The molecule has 0 radical (unpaired) electrons. The molecule has 2 amide bonds. The molecular formula is C36H41ClN6O10S. The van der Waals surface area contributed by atoms with E-state index in [-0.39, 0.29) is 38.2 Å². The minimum atomic E-state index is -4.57. The van der Waals surface area contributed by atoms with E-state index >= 15 is 0 Å². The second-order valence-electron chi connectivity index (χ2n) is 12.6. The average Bonchev–Trinajstić information content (AvgIpc) is 3.38. The number of carbonyl (C=O) groups excluding carboxylic acids is 2. The smallest absolute Gasteiger partial charge is 0.411 e. The predicted molar refractivity (Wildman–Crippen MR) is 196 cm³/mol. The maximum atomic E-state index is 14.8. The van der Waals surface area contributed by atoms with Crippen molar-refractivity contribution in [3.05, 3.63) is 82.5 Å². The summed E-state index contributed by atoms with van der Waals surface area (Å²) in [7, 11) is -1.10. The summed E-state index contributed by atoms with van der Waals surface area (Å²) in [4.78, 5) is 57.0. The summed E-state index contributed by atoms with van der Waals surface area (Å²) >= 11 is 6.44. The van der Waals surface area contributed by atoms with Gasteiger partial charge in [-0.15, -0.1) is 0 Å². The number of hydrogen-bond donors (Lipinski definition) is 2. The number of rotatable bonds is 6. The van der Waals surface area contributed by atoms with E-state index in [1.165, 1.54) is 66.7 Å². The lowest BCUT2D eigenvalue weighted by Crippen LogP contribution is -2.55. The lowest BCUT2D eigenvalue weighted by atomic mass is 9.87. The van der Waals surface area contributed by atoms with Crippen LogP contribution < -0.4 is 9.04 Å². The van der Waals surface area contributed by atoms with Crippen LogP contribution in [0.1, 0.15) is 43.4 Å². The van der Waals surface area contributed by atoms with Crippen LogP contribution in [0.2, 0.25) is 5.02 Å². The monoisotopic (exact) mass is 784 g/mol. The molecule has 3 aromatic rings. The van der Waals surface area contributed by atoms with Crippen LogP contribution in [0.5, 0.6) is 5.88 Å². The van der Waals surface area contributed by atoms with E-state index in [9.17, 15) is 23.3 Å². The van der Waals surface area contributed by atoms with E-state index in [2.05, 4.69) is 21.8 Å². The van der Waals surface area contributed by atoms with Gasteiger partial charge in [-0.25, -0.2) is 18.2 Å². The first-order valence-electron chi connectivity index (χ1n) is 16.8. The highest BCUT2D eigenvalue weighted by molar-refractivity contribution is 7.93. The van der Waals surface area contributed by atoms with Gasteiger partial charge in [0.1, 0.15) is 0 Å². The maximum absolute atomic E-state index is 14.8. The SMILES string of the molecule is CC(=O)O.CC(=O)O.COc1ncccc1C1(OC(=O)N2CCN(C3CCN(C)CC3)CC2)C(=O)N(S(=O)(=O)c2ccc(C#N)cc2)c2ccc(Cl)cc21. The Morgan fingerprint density at radius 3 is 2.09 bits per heavy atom. The first-order chi connectivity index (χ1) is 25.6. The zero-order valence-corrected chi connectivity index (χ0v) is 31.7. The standard InChI is InChI=1S/C32H33ClN6O6S.2C2H4O2/c1-36-14-11-24(12-15-36)37-16-18-38(19-17-37)31(41)45-32(26-4-3-13-35-29(26)44-2)27-20-23(33)7-10-28(27)39(30(32)40)46(42,43)25-8-5-22(21-34)6-9-25;2*1-2(3)4/h3-10,13,20,24H,11-12,14-19H2,1-2H3;2*1H3,(H,3,4). The highest BCUT2D eigenvalue weighted by Gasteiger charge is 2.61. The van der Waals surface area contributed by atoms with E-state index in [4.69, 9.17) is 40.9 Å². The first-order valence-corrected chi connectivity index (χ1v) is 18.6. The van der Waals surface area contributed by atoms with Crippen molar-refractivity contribution >= 4 is 51.3 Å². The largest absolute Gasteiger partial charge is 0.481 e. The molecule has 2 N–H and O–H groups in total. The number of benzene rings is 2. The van der Waals surface area contributed by atoms with Gasteiger partial charge in [-0.05, 0) is 87.6 Å². The van der Waals surface area contributed by atoms with Gasteiger partial charge in [0.2, 0.25) is 5.88 Å². The third-order valence-electron chi connectivity index (χ3n) is 8.93. The summed E-state index contributed by atoms with van der Waals surface area (Å²) in [5.74, 6) is -2.75. The van der Waals surface area contributed by atoms with Crippen molar-refractivity contribution in [1.29, 1.82) is 5.26 Å². The van der Waals surface area contributed by atoms with Gasteiger partial charge < -0.3 is 29.5 Å². The maximum Gasteiger partial charge on any atom is 0.411 e. The van der Waals surface area contributed by atoms with Crippen LogP contribution in [-0.4, -0.2) is 122 Å². The van der Waals surface area contributed by atoms with E-state index < -0.39 is 39.6 Å². The van der Waals surface area contributed by atoms with Crippen LogP contribution in [0.15, 0.2) is 65.7 Å². The summed E-state index contributed by atoms with van der Waals surface area (Å²) in [6.07, 6.45) is 2.77. The van der Waals surface area contributed by atoms with Gasteiger partial charge in [0.05, 0.1) is 34.9 Å². The fourth-order valence-electron chi connectivity index (χ4n) is 6.44. The average molecular weight is 785 g/mol. The summed E-state index contributed by atoms with van der Waals surface area (Å²) < 4.78 is 40.7. The second-order valence-corrected chi connectivity index (χ2v) is 14.8. The van der Waals surface area contributed by atoms with E-state index in [1.807, 2.05) is 6.07 Å². The van der Waals surface area contributed by atoms with Crippen molar-refractivity contribution in [1.82, 2.24) is 19.7 Å². The molecule has 3 aliphatic heterocycles. The van der Waals surface area contributed by atoms with Crippen LogP contribution in [0.3, 0.4) is 0 Å². The van der Waals surface area contributed by atoms with Crippen molar-refractivity contribution in [2.24, 2.45) is 0 Å². The number of nitrogens with zero attached hydrogens (tertiary/aromatic N) is 6. The molecule has 0 bridgehead atoms. The zero-order chi connectivity index (χ0) is 39.8. The summed E-state index contributed by atoms with van der Waals surface area (Å²) in [5.41, 5.74) is -2.00. The van der Waals surface area contributed by atoms with Crippen LogP contribution in [0, 0.1) is 11.3 Å². The van der Waals surface area contributed by atoms with Crippen LogP contribution in [-0.2, 0) is 34.7 Å². The number of methoxy groups -OCH3 is 1. The van der Waals surface area contributed by atoms with Crippen molar-refractivity contribution in [2.75, 3.05) is 57.7 Å². The Kier molecular flexibility index (Phi) is 13.6. The van der Waals surface area contributed by atoms with E-state index in [1.54, 1.807) is 6.07 Å². The lowest BCUT2D eigenvalue weighted by Gasteiger charge is -2.42. The number of carboxylic acid groups (broad SMARTS) is 2. The minimum absolute atomic E-state index is 0.0284. The number of fused-ring (bicyclic) bond motifs is 1. The number of ether oxygens (including phenoxy) is 2. The molecule has 2 fully saturated rings. The third-order valence-corrected chi connectivity index (χ3v) is 10.9. The molecule has 2 saturated heterocycles. The fourth-order valence-corrected chi connectivity index (χ4v) is 8.07. The van der Waals surface area contributed by atoms with Gasteiger partial charge in [-0.2, -0.15) is 9.57 Å². The number of likely N-dealkylation sites (tertiary alicyclic amines) is 1. The molecule has 4 heterocycles. The van der Waals surface area contributed by atoms with Gasteiger partial charge >= 0.3 is 6.09 Å². The van der Waals surface area contributed by atoms with Gasteiger partial charge in [-0.3, -0.25) is 19.3 Å². The van der Waals surface area contributed by atoms with E-state index in [0.717, 1.165) is 39.8 Å². The topological polar surface area (TPSA) is 211 Å². The number of anilines is 1. The molecule has 3 aliphatic rings. The highest BCUT2D eigenvalue weighted by atomic mass is 35.5. The zero-order valence-electron chi connectivity index (χ0n) is 30.1. The molecule has 6 rings (SSSR count). The fraction of sp³-hybridized carbons (Fsp3) is 0.389. The number of amides is 2. The Bertz CT molecular complexity index is 1990. The molecule has 1 unspecified atom stereocenters. The molecule has 1 aromatic heterocycles. The van der Waals surface area contributed by atoms with Gasteiger partial charge in [0.15, 0.2) is 0 Å². The summed E-state index contributed by atoms with van der Waals surface area (Å²) in [6.45, 7) is 6.23. The number of aromatic nitrogens is 1. The number of halogens is 1. The number of hydrogen-bond acceptors (Lipinski definition) is 12. The molecule has 0 saturated carbocycles. The number of piperazine rings is 1. The Balaban J connectivity index is 0.000000740. The van der Waals surface area contributed by atoms with Gasteiger partial charge in [0, 0.05) is 62.9 Å². The van der Waals surface area contributed by atoms with Crippen LogP contribution in [0.25, 0.3) is 0 Å². The number of sulfonamides is 1.